The molecule has 1 unspecified atom stereocenters. The highest BCUT2D eigenvalue weighted by Crippen LogP contribution is 2.24. The van der Waals surface area contributed by atoms with Gasteiger partial charge in [0.2, 0.25) is 0 Å². The van der Waals surface area contributed by atoms with Crippen LogP contribution in [0, 0.1) is 16.0 Å². The lowest BCUT2D eigenvalue weighted by molar-refractivity contribution is -0.384. The van der Waals surface area contributed by atoms with E-state index in [2.05, 4.69) is 11.8 Å². The van der Waals surface area contributed by atoms with Crippen LogP contribution in [0.25, 0.3) is 0 Å². The molecule has 1 aromatic rings. The average molecular weight is 220 g/mol. The zero-order chi connectivity index (χ0) is 11.5. The SMILES string of the molecule is CC1CCCN(c2ccc([N+](=O)[O-])cc2)C1. The van der Waals surface area contributed by atoms with Crippen LogP contribution < -0.4 is 4.90 Å². The van der Waals surface area contributed by atoms with E-state index in [-0.39, 0.29) is 10.6 Å². The highest BCUT2D eigenvalue weighted by Gasteiger charge is 2.17. The Balaban J connectivity index is 2.11. The van der Waals surface area contributed by atoms with Gasteiger partial charge in [-0.25, -0.2) is 0 Å². The third-order valence-electron chi connectivity index (χ3n) is 3.08. The second kappa shape index (κ2) is 4.51. The maximum atomic E-state index is 10.5. The zero-order valence-electron chi connectivity index (χ0n) is 9.43. The van der Waals surface area contributed by atoms with Crippen molar-refractivity contribution in [2.45, 2.75) is 19.8 Å². The Labute approximate surface area is 95.0 Å². The number of anilines is 1. The summed E-state index contributed by atoms with van der Waals surface area (Å²) >= 11 is 0. The molecule has 1 aliphatic heterocycles. The Morgan fingerprint density at radius 1 is 1.38 bits per heavy atom. The van der Waals surface area contributed by atoms with Crippen LogP contribution in [0.4, 0.5) is 11.4 Å². The first-order valence-electron chi connectivity index (χ1n) is 5.66. The Kier molecular flexibility index (Phi) is 3.08. The first-order valence-corrected chi connectivity index (χ1v) is 5.66. The summed E-state index contributed by atoms with van der Waals surface area (Å²) in [5.74, 6) is 0.712. The first-order chi connectivity index (χ1) is 7.66. The highest BCUT2D eigenvalue weighted by molar-refractivity contribution is 5.51. The molecule has 4 nitrogen and oxygen atoms in total. The molecular formula is C12H16N2O2. The summed E-state index contributed by atoms with van der Waals surface area (Å²) < 4.78 is 0. The molecule has 86 valence electrons. The van der Waals surface area contributed by atoms with E-state index >= 15 is 0 Å². The lowest BCUT2D eigenvalue weighted by Crippen LogP contribution is -2.34. The fourth-order valence-corrected chi connectivity index (χ4v) is 2.21. The number of hydrogen-bond donors (Lipinski definition) is 0. The summed E-state index contributed by atoms with van der Waals surface area (Å²) in [7, 11) is 0. The van der Waals surface area contributed by atoms with Gasteiger partial charge < -0.3 is 4.90 Å². The van der Waals surface area contributed by atoms with Crippen molar-refractivity contribution in [3.8, 4) is 0 Å². The number of rotatable bonds is 2. The minimum Gasteiger partial charge on any atom is -0.371 e. The van der Waals surface area contributed by atoms with E-state index in [0.717, 1.165) is 18.8 Å². The predicted molar refractivity (Wildman–Crippen MR) is 63.7 cm³/mol. The van der Waals surface area contributed by atoms with Crippen LogP contribution in [0.15, 0.2) is 24.3 Å². The molecule has 1 atom stereocenters. The molecule has 16 heavy (non-hydrogen) atoms. The van der Waals surface area contributed by atoms with Gasteiger partial charge >= 0.3 is 0 Å². The van der Waals surface area contributed by atoms with Crippen LogP contribution >= 0.6 is 0 Å². The fourth-order valence-electron chi connectivity index (χ4n) is 2.21. The van der Waals surface area contributed by atoms with E-state index < -0.39 is 0 Å². The minimum absolute atomic E-state index is 0.161. The van der Waals surface area contributed by atoms with E-state index in [4.69, 9.17) is 0 Å². The van der Waals surface area contributed by atoms with Crippen LogP contribution in [0.5, 0.6) is 0 Å². The number of nitro benzene ring substituents is 1. The molecule has 0 saturated carbocycles. The molecule has 4 heteroatoms. The number of piperidine rings is 1. The molecule has 0 spiro atoms. The quantitative estimate of drug-likeness (QED) is 0.568. The zero-order valence-corrected chi connectivity index (χ0v) is 9.43. The summed E-state index contributed by atoms with van der Waals surface area (Å²) in [6, 6.07) is 6.84. The third-order valence-corrected chi connectivity index (χ3v) is 3.08. The van der Waals surface area contributed by atoms with Gasteiger partial charge in [-0.2, -0.15) is 0 Å². The van der Waals surface area contributed by atoms with Crippen molar-refractivity contribution in [3.63, 3.8) is 0 Å². The maximum absolute atomic E-state index is 10.5. The smallest absolute Gasteiger partial charge is 0.269 e. The molecule has 1 aromatic carbocycles. The van der Waals surface area contributed by atoms with Crippen molar-refractivity contribution in [1.29, 1.82) is 0 Å². The molecule has 0 bridgehead atoms. The van der Waals surface area contributed by atoms with Crippen molar-refractivity contribution in [1.82, 2.24) is 0 Å². The Morgan fingerprint density at radius 3 is 2.62 bits per heavy atom. The normalized spacial score (nSPS) is 20.8. The molecule has 0 radical (unpaired) electrons. The second-order valence-corrected chi connectivity index (χ2v) is 4.47. The van der Waals surface area contributed by atoms with Crippen LogP contribution in [-0.4, -0.2) is 18.0 Å². The molecular weight excluding hydrogens is 204 g/mol. The Morgan fingerprint density at radius 2 is 2.06 bits per heavy atom. The minimum atomic E-state index is -0.359. The number of hydrogen-bond acceptors (Lipinski definition) is 3. The van der Waals surface area contributed by atoms with E-state index in [1.807, 2.05) is 12.1 Å². The molecule has 0 aliphatic carbocycles. The van der Waals surface area contributed by atoms with Gasteiger partial charge in [0.25, 0.3) is 5.69 Å². The lowest BCUT2D eigenvalue weighted by atomic mass is 10.00. The number of non-ortho nitro benzene ring substituents is 1. The molecule has 1 saturated heterocycles. The van der Waals surface area contributed by atoms with E-state index in [1.165, 1.54) is 12.8 Å². The van der Waals surface area contributed by atoms with Gasteiger partial charge in [-0.1, -0.05) is 6.92 Å². The molecule has 1 fully saturated rings. The number of nitro groups is 1. The van der Waals surface area contributed by atoms with Gasteiger partial charge in [0.1, 0.15) is 0 Å². The highest BCUT2D eigenvalue weighted by atomic mass is 16.6. The summed E-state index contributed by atoms with van der Waals surface area (Å²) in [6.07, 6.45) is 2.49. The summed E-state index contributed by atoms with van der Waals surface area (Å²) in [6.45, 7) is 4.36. The lowest BCUT2D eigenvalue weighted by Gasteiger charge is -2.32. The molecule has 0 amide bonds. The first kappa shape index (κ1) is 10.9. The van der Waals surface area contributed by atoms with Crippen molar-refractivity contribution < 1.29 is 4.92 Å². The van der Waals surface area contributed by atoms with E-state index in [0.29, 0.717) is 5.92 Å². The van der Waals surface area contributed by atoms with Gasteiger partial charge in [0.15, 0.2) is 0 Å². The third kappa shape index (κ3) is 2.32. The number of benzene rings is 1. The monoisotopic (exact) mass is 220 g/mol. The molecule has 0 N–H and O–H groups in total. The Hall–Kier alpha value is -1.58. The Bertz CT molecular complexity index is 375. The van der Waals surface area contributed by atoms with Crippen LogP contribution in [0.3, 0.4) is 0 Å². The summed E-state index contributed by atoms with van der Waals surface area (Å²) in [5, 5.41) is 10.5. The van der Waals surface area contributed by atoms with E-state index in [9.17, 15) is 10.1 Å². The topological polar surface area (TPSA) is 46.4 Å². The van der Waals surface area contributed by atoms with Gasteiger partial charge in [-0.15, -0.1) is 0 Å². The molecule has 1 heterocycles. The molecule has 1 aliphatic rings. The average Bonchev–Trinajstić information content (AvgIpc) is 2.29. The van der Waals surface area contributed by atoms with Gasteiger partial charge in [0, 0.05) is 30.9 Å². The molecule has 0 aromatic heterocycles. The molecule has 2 rings (SSSR count). The van der Waals surface area contributed by atoms with Crippen LogP contribution in [-0.2, 0) is 0 Å². The largest absolute Gasteiger partial charge is 0.371 e. The van der Waals surface area contributed by atoms with Crippen molar-refractivity contribution in [3.05, 3.63) is 34.4 Å². The van der Waals surface area contributed by atoms with Gasteiger partial charge in [-0.3, -0.25) is 10.1 Å². The van der Waals surface area contributed by atoms with E-state index in [1.54, 1.807) is 12.1 Å². The number of nitrogens with zero attached hydrogens (tertiary/aromatic N) is 2. The summed E-state index contributed by atoms with van der Waals surface area (Å²) in [4.78, 5) is 12.5. The fraction of sp³-hybridized carbons (Fsp3) is 0.500. The van der Waals surface area contributed by atoms with Gasteiger partial charge in [-0.05, 0) is 30.9 Å². The van der Waals surface area contributed by atoms with Crippen molar-refractivity contribution in [2.75, 3.05) is 18.0 Å². The van der Waals surface area contributed by atoms with Crippen LogP contribution in [0.1, 0.15) is 19.8 Å². The maximum Gasteiger partial charge on any atom is 0.269 e. The predicted octanol–water partition coefficient (Wildman–Crippen LogP) is 2.83. The second-order valence-electron chi connectivity index (χ2n) is 4.47. The van der Waals surface area contributed by atoms with Crippen LogP contribution in [0.2, 0.25) is 0 Å². The standard InChI is InChI=1S/C12H16N2O2/c1-10-3-2-8-13(9-10)11-4-6-12(7-5-11)14(15)16/h4-7,10H,2-3,8-9H2,1H3. The van der Waals surface area contributed by atoms with Crippen molar-refractivity contribution in [2.24, 2.45) is 5.92 Å². The van der Waals surface area contributed by atoms with Gasteiger partial charge in [0.05, 0.1) is 4.92 Å². The summed E-state index contributed by atoms with van der Waals surface area (Å²) in [5.41, 5.74) is 1.26. The van der Waals surface area contributed by atoms with Crippen molar-refractivity contribution >= 4 is 11.4 Å².